The number of rotatable bonds is 5. The molecule has 2 rings (SSSR count). The van der Waals surface area contributed by atoms with Crippen molar-refractivity contribution in [2.45, 2.75) is 39.9 Å². The third kappa shape index (κ3) is 4.26. The number of carbonyl (C=O) groups is 2. The molecule has 6 heteroatoms. The number of amides is 1. The van der Waals surface area contributed by atoms with Crippen molar-refractivity contribution in [1.29, 1.82) is 0 Å². The summed E-state index contributed by atoms with van der Waals surface area (Å²) in [7, 11) is 0. The molecule has 1 amide bonds. The minimum absolute atomic E-state index is 0.0972. The maximum Gasteiger partial charge on any atom is 0.316 e. The normalized spacial score (nSPS) is 22.3. The molecule has 3 atom stereocenters. The first-order valence-electron chi connectivity index (χ1n) is 8.32. The number of benzene rings is 1. The molecule has 24 heavy (non-hydrogen) atoms. The van der Waals surface area contributed by atoms with Crippen LogP contribution in [0.1, 0.15) is 27.7 Å². The zero-order valence-electron chi connectivity index (χ0n) is 14.7. The van der Waals surface area contributed by atoms with Gasteiger partial charge in [-0.1, -0.05) is 26.0 Å². The van der Waals surface area contributed by atoms with Crippen molar-refractivity contribution in [3.63, 3.8) is 0 Å². The molecule has 1 aromatic rings. The highest BCUT2D eigenvalue weighted by Gasteiger charge is 2.31. The monoisotopic (exact) mass is 334 g/mol. The van der Waals surface area contributed by atoms with Gasteiger partial charge in [0.2, 0.25) is 5.91 Å². The Bertz CT molecular complexity index is 592. The zero-order chi connectivity index (χ0) is 17.9. The lowest BCUT2D eigenvalue weighted by Gasteiger charge is -2.37. The number of carbonyl (C=O) groups excluding carboxylic acids is 1. The van der Waals surface area contributed by atoms with Gasteiger partial charge in [0.25, 0.3) is 0 Å². The second-order valence-corrected chi connectivity index (χ2v) is 6.73. The highest BCUT2D eigenvalue weighted by molar-refractivity contribution is 6.05. The summed E-state index contributed by atoms with van der Waals surface area (Å²) in [6.45, 7) is 8.95. The van der Waals surface area contributed by atoms with Crippen LogP contribution in [-0.4, -0.2) is 42.3 Å². The van der Waals surface area contributed by atoms with E-state index in [0.29, 0.717) is 5.69 Å². The average molecular weight is 334 g/mol. The SMILES string of the molecule is CC(C)C(C(=O)O)C(=O)Nc1ccccc1N1C[C@@H](C)O[C@@H](C)C1. The number of morpholine rings is 1. The van der Waals surface area contributed by atoms with Gasteiger partial charge in [-0.3, -0.25) is 9.59 Å². The molecule has 0 radical (unpaired) electrons. The van der Waals surface area contributed by atoms with Crippen LogP contribution < -0.4 is 10.2 Å². The lowest BCUT2D eigenvalue weighted by atomic mass is 9.95. The average Bonchev–Trinajstić information content (AvgIpc) is 2.45. The minimum atomic E-state index is -1.10. The second-order valence-electron chi connectivity index (χ2n) is 6.73. The summed E-state index contributed by atoms with van der Waals surface area (Å²) in [5.41, 5.74) is 1.52. The number of hydrogen-bond donors (Lipinski definition) is 2. The molecule has 2 N–H and O–H groups in total. The molecule has 0 saturated carbocycles. The van der Waals surface area contributed by atoms with Crippen molar-refractivity contribution in [2.24, 2.45) is 11.8 Å². The van der Waals surface area contributed by atoms with Crippen LogP contribution in [0.2, 0.25) is 0 Å². The van der Waals surface area contributed by atoms with Gasteiger partial charge in [-0.15, -0.1) is 0 Å². The van der Waals surface area contributed by atoms with Crippen molar-refractivity contribution in [1.82, 2.24) is 0 Å². The number of nitrogens with one attached hydrogen (secondary N) is 1. The number of aliphatic carboxylic acids is 1. The molecule has 1 unspecified atom stereocenters. The number of nitrogens with zero attached hydrogens (tertiary/aromatic N) is 1. The Kier molecular flexibility index (Phi) is 5.83. The lowest BCUT2D eigenvalue weighted by molar-refractivity contribution is -0.147. The fraction of sp³-hybridized carbons (Fsp3) is 0.556. The van der Waals surface area contributed by atoms with E-state index in [-0.39, 0.29) is 18.1 Å². The topological polar surface area (TPSA) is 78.9 Å². The third-order valence-corrected chi connectivity index (χ3v) is 4.14. The Balaban J connectivity index is 2.22. The van der Waals surface area contributed by atoms with Crippen LogP contribution in [0.3, 0.4) is 0 Å². The maximum atomic E-state index is 12.4. The van der Waals surface area contributed by atoms with E-state index in [1.54, 1.807) is 19.9 Å². The highest BCUT2D eigenvalue weighted by atomic mass is 16.5. The van der Waals surface area contributed by atoms with E-state index in [1.165, 1.54) is 0 Å². The summed E-state index contributed by atoms with van der Waals surface area (Å²) in [6.07, 6.45) is 0.194. The molecule has 6 nitrogen and oxygen atoms in total. The molecule has 1 fully saturated rings. The summed E-state index contributed by atoms with van der Waals surface area (Å²) in [6, 6.07) is 7.48. The Labute approximate surface area is 142 Å². The van der Waals surface area contributed by atoms with Crippen molar-refractivity contribution in [3.05, 3.63) is 24.3 Å². The van der Waals surface area contributed by atoms with E-state index in [1.807, 2.05) is 32.0 Å². The first-order chi connectivity index (χ1) is 11.3. The molecular formula is C18H26N2O4. The van der Waals surface area contributed by atoms with E-state index >= 15 is 0 Å². The van der Waals surface area contributed by atoms with Gasteiger partial charge in [-0.25, -0.2) is 0 Å². The van der Waals surface area contributed by atoms with Crippen LogP contribution in [-0.2, 0) is 14.3 Å². The second kappa shape index (κ2) is 7.66. The van der Waals surface area contributed by atoms with Crippen LogP contribution in [0, 0.1) is 11.8 Å². The van der Waals surface area contributed by atoms with Gasteiger partial charge < -0.3 is 20.1 Å². The quantitative estimate of drug-likeness (QED) is 0.809. The van der Waals surface area contributed by atoms with E-state index in [2.05, 4.69) is 10.2 Å². The van der Waals surface area contributed by atoms with Crippen molar-refractivity contribution < 1.29 is 19.4 Å². The van der Waals surface area contributed by atoms with Crippen molar-refractivity contribution in [2.75, 3.05) is 23.3 Å². The number of hydrogen-bond acceptors (Lipinski definition) is 4. The fourth-order valence-electron chi connectivity index (χ4n) is 3.14. The highest BCUT2D eigenvalue weighted by Crippen LogP contribution is 2.29. The molecule has 1 saturated heterocycles. The molecule has 1 aromatic carbocycles. The van der Waals surface area contributed by atoms with Gasteiger partial charge in [0.1, 0.15) is 5.92 Å². The minimum Gasteiger partial charge on any atom is -0.481 e. The summed E-state index contributed by atoms with van der Waals surface area (Å²) in [5.74, 6) is -2.94. The predicted molar refractivity (Wildman–Crippen MR) is 93.3 cm³/mol. The number of para-hydroxylation sites is 2. The number of anilines is 2. The number of carboxylic acid groups (broad SMARTS) is 1. The lowest BCUT2D eigenvalue weighted by Crippen LogP contribution is -2.46. The Hall–Kier alpha value is -2.08. The van der Waals surface area contributed by atoms with Gasteiger partial charge in [0, 0.05) is 13.1 Å². The fourth-order valence-corrected chi connectivity index (χ4v) is 3.14. The Morgan fingerprint density at radius 2 is 1.79 bits per heavy atom. The largest absolute Gasteiger partial charge is 0.481 e. The molecule has 1 heterocycles. The smallest absolute Gasteiger partial charge is 0.316 e. The Morgan fingerprint density at radius 1 is 1.21 bits per heavy atom. The molecule has 1 aliphatic rings. The van der Waals surface area contributed by atoms with Gasteiger partial charge in [-0.2, -0.15) is 0 Å². The van der Waals surface area contributed by atoms with Crippen LogP contribution in [0.25, 0.3) is 0 Å². The van der Waals surface area contributed by atoms with Gasteiger partial charge in [0.15, 0.2) is 0 Å². The summed E-state index contributed by atoms with van der Waals surface area (Å²) in [5, 5.41) is 12.1. The third-order valence-electron chi connectivity index (χ3n) is 4.14. The van der Waals surface area contributed by atoms with Crippen molar-refractivity contribution in [3.8, 4) is 0 Å². The Morgan fingerprint density at radius 3 is 2.33 bits per heavy atom. The first kappa shape index (κ1) is 18.3. The van der Waals surface area contributed by atoms with E-state index in [9.17, 15) is 14.7 Å². The molecular weight excluding hydrogens is 308 g/mol. The standard InChI is InChI=1S/C18H26N2O4/c1-11(2)16(18(22)23)17(21)19-14-7-5-6-8-15(14)20-9-12(3)24-13(4)10-20/h5-8,11-13,16H,9-10H2,1-4H3,(H,19,21)(H,22,23)/t12-,13+,16?. The van der Waals surface area contributed by atoms with Crippen LogP contribution in [0.5, 0.6) is 0 Å². The number of carboxylic acids is 1. The summed E-state index contributed by atoms with van der Waals surface area (Å²) < 4.78 is 5.75. The first-order valence-corrected chi connectivity index (χ1v) is 8.32. The molecule has 0 aliphatic carbocycles. The molecule has 0 aromatic heterocycles. The molecule has 0 bridgehead atoms. The van der Waals surface area contributed by atoms with Crippen molar-refractivity contribution >= 4 is 23.3 Å². The molecule has 1 aliphatic heterocycles. The van der Waals surface area contributed by atoms with Crippen LogP contribution in [0.15, 0.2) is 24.3 Å². The van der Waals surface area contributed by atoms with Gasteiger partial charge in [-0.05, 0) is 31.9 Å². The van der Waals surface area contributed by atoms with Gasteiger partial charge in [0.05, 0.1) is 23.6 Å². The van der Waals surface area contributed by atoms with Crippen LogP contribution in [0.4, 0.5) is 11.4 Å². The molecule has 0 spiro atoms. The van der Waals surface area contributed by atoms with E-state index in [0.717, 1.165) is 18.8 Å². The number of ether oxygens (including phenoxy) is 1. The maximum absolute atomic E-state index is 12.4. The van der Waals surface area contributed by atoms with E-state index in [4.69, 9.17) is 4.74 Å². The zero-order valence-corrected chi connectivity index (χ0v) is 14.7. The molecule has 132 valence electrons. The summed E-state index contributed by atoms with van der Waals surface area (Å²) >= 11 is 0. The van der Waals surface area contributed by atoms with E-state index < -0.39 is 17.8 Å². The van der Waals surface area contributed by atoms with Gasteiger partial charge >= 0.3 is 5.97 Å². The predicted octanol–water partition coefficient (Wildman–Crippen LogP) is 2.60. The summed E-state index contributed by atoms with van der Waals surface area (Å²) in [4.78, 5) is 25.9. The van der Waals surface area contributed by atoms with Crippen LogP contribution >= 0.6 is 0 Å².